The smallest absolute Gasteiger partial charge is 0.306 e. The fraction of sp³-hybridized carbons (Fsp3) is 0.316. The van der Waals surface area contributed by atoms with Crippen LogP contribution in [0.15, 0.2) is 91.0 Å². The lowest BCUT2D eigenvalue weighted by Crippen LogP contribution is -2.33. The van der Waals surface area contributed by atoms with E-state index in [1.807, 2.05) is 78.9 Å². The highest BCUT2D eigenvalue weighted by atomic mass is 16.6. The number of rotatable bonds is 20. The van der Waals surface area contributed by atoms with Crippen molar-refractivity contribution in [3.05, 3.63) is 123 Å². The van der Waals surface area contributed by atoms with Gasteiger partial charge in [0.05, 0.1) is 50.9 Å². The number of esters is 1. The number of unbranched alkanes of at least 4 members (excludes halogenated alkanes) is 2. The largest absolute Gasteiger partial charge is 0.497 e. The van der Waals surface area contributed by atoms with Gasteiger partial charge in [0.1, 0.15) is 23.7 Å². The summed E-state index contributed by atoms with van der Waals surface area (Å²) >= 11 is 0. The minimum Gasteiger partial charge on any atom is -0.497 e. The molecule has 0 unspecified atom stereocenters. The number of methoxy groups -OCH3 is 3. The Balaban J connectivity index is 1.39. The summed E-state index contributed by atoms with van der Waals surface area (Å²) in [5.74, 6) is 0.0547. The minimum absolute atomic E-state index is 0.0213. The van der Waals surface area contributed by atoms with Gasteiger partial charge in [-0.15, -0.1) is 0 Å². The molecule has 50 heavy (non-hydrogen) atoms. The number of carboxylic acids is 1. The maximum Gasteiger partial charge on any atom is 0.306 e. The van der Waals surface area contributed by atoms with Gasteiger partial charge in [-0.05, 0) is 59.9 Å². The van der Waals surface area contributed by atoms with Crippen molar-refractivity contribution in [1.82, 2.24) is 0 Å². The van der Waals surface area contributed by atoms with Crippen LogP contribution in [0.4, 0.5) is 5.69 Å². The van der Waals surface area contributed by atoms with Crippen LogP contribution in [-0.4, -0.2) is 56.5 Å². The van der Waals surface area contributed by atoms with E-state index in [1.54, 1.807) is 14.2 Å². The van der Waals surface area contributed by atoms with Crippen LogP contribution in [0.1, 0.15) is 54.4 Å². The van der Waals surface area contributed by atoms with E-state index in [2.05, 4.69) is 0 Å². The van der Waals surface area contributed by atoms with Crippen molar-refractivity contribution in [1.29, 1.82) is 0 Å². The lowest BCUT2D eigenvalue weighted by molar-refractivity contribution is -0.385. The van der Waals surface area contributed by atoms with E-state index in [9.17, 15) is 19.7 Å². The molecule has 0 aliphatic carbocycles. The molecule has 0 aromatic heterocycles. The average molecular weight is 688 g/mol. The summed E-state index contributed by atoms with van der Waals surface area (Å²) in [4.78, 5) is 34.5. The molecule has 0 radical (unpaired) electrons. The van der Waals surface area contributed by atoms with Crippen LogP contribution < -0.4 is 18.9 Å². The Morgan fingerprint density at radius 2 is 1.32 bits per heavy atom. The van der Waals surface area contributed by atoms with Crippen molar-refractivity contribution in [3.8, 4) is 23.0 Å². The van der Waals surface area contributed by atoms with E-state index in [-0.39, 0.29) is 48.8 Å². The van der Waals surface area contributed by atoms with Crippen molar-refractivity contribution < 1.29 is 48.0 Å². The summed E-state index contributed by atoms with van der Waals surface area (Å²) in [6, 6.07) is 28.0. The van der Waals surface area contributed by atoms with E-state index in [1.165, 1.54) is 13.2 Å². The minimum atomic E-state index is -1.07. The second kappa shape index (κ2) is 18.2. The standard InChI is InChI=1S/C38H41NO11/c1-45-31-17-13-29(14-18-31)38(28-10-6-4-7-11-28,30-15-19-32(46-2)20-16-30)50-22-9-5-8-12-37(42)49-26-27-24-34(47-3)35(25-33(27)39(43)44)48-23-21-36(40)41/h4,6-7,10-11,13-20,24-25H,5,8-9,12,21-23,26H2,1-3H3,(H,40,41). The zero-order chi connectivity index (χ0) is 35.9. The molecular formula is C38H41NO11. The fourth-order valence-electron chi connectivity index (χ4n) is 5.48. The SMILES string of the molecule is COc1ccc(C(OCCCCCC(=O)OCc2cc(OC)c(OCCC(=O)O)cc2[N+](=O)[O-])(c2ccccc2)c2ccc(OC)cc2)cc1. The molecule has 12 nitrogen and oxygen atoms in total. The van der Waals surface area contributed by atoms with Crippen molar-refractivity contribution in [2.24, 2.45) is 0 Å². The number of hydrogen-bond acceptors (Lipinski definition) is 10. The monoisotopic (exact) mass is 687 g/mol. The maximum atomic E-state index is 12.6. The van der Waals surface area contributed by atoms with Crippen LogP contribution >= 0.6 is 0 Å². The van der Waals surface area contributed by atoms with E-state index in [0.29, 0.717) is 25.9 Å². The van der Waals surface area contributed by atoms with E-state index in [0.717, 1.165) is 34.3 Å². The van der Waals surface area contributed by atoms with E-state index < -0.39 is 22.5 Å². The zero-order valence-corrected chi connectivity index (χ0v) is 28.3. The van der Waals surface area contributed by atoms with Gasteiger partial charge in [0.15, 0.2) is 11.5 Å². The first-order chi connectivity index (χ1) is 24.2. The third kappa shape index (κ3) is 9.50. The molecule has 0 fully saturated rings. The van der Waals surface area contributed by atoms with E-state index >= 15 is 0 Å². The topological polar surface area (TPSA) is 153 Å². The predicted octanol–water partition coefficient (Wildman–Crippen LogP) is 7.09. The quantitative estimate of drug-likeness (QED) is 0.0333. The van der Waals surface area contributed by atoms with Gasteiger partial charge in [-0.3, -0.25) is 19.7 Å². The Kier molecular flexibility index (Phi) is 13.6. The van der Waals surface area contributed by atoms with Crippen molar-refractivity contribution in [3.63, 3.8) is 0 Å². The van der Waals surface area contributed by atoms with Crippen molar-refractivity contribution >= 4 is 17.6 Å². The lowest BCUT2D eigenvalue weighted by Gasteiger charge is -2.36. The number of ether oxygens (including phenoxy) is 6. The summed E-state index contributed by atoms with van der Waals surface area (Å²) in [7, 11) is 4.59. The number of carbonyl (C=O) groups excluding carboxylic acids is 1. The third-order valence-corrected chi connectivity index (χ3v) is 8.04. The summed E-state index contributed by atoms with van der Waals surface area (Å²) in [5, 5.41) is 20.6. The number of carboxylic acid groups (broad SMARTS) is 1. The molecule has 0 saturated heterocycles. The molecule has 4 aromatic rings. The number of carbonyl (C=O) groups is 2. The van der Waals surface area contributed by atoms with E-state index in [4.69, 9.17) is 33.5 Å². The molecular weight excluding hydrogens is 646 g/mol. The van der Waals surface area contributed by atoms with Crippen LogP contribution in [0.25, 0.3) is 0 Å². The van der Waals surface area contributed by atoms with Gasteiger partial charge in [0.2, 0.25) is 0 Å². The number of nitro benzene ring substituents is 1. The van der Waals surface area contributed by atoms with Crippen LogP contribution in [0.3, 0.4) is 0 Å². The van der Waals surface area contributed by atoms with Crippen molar-refractivity contribution in [2.75, 3.05) is 34.5 Å². The summed E-state index contributed by atoms with van der Waals surface area (Å²) in [6.07, 6.45) is 1.67. The summed E-state index contributed by atoms with van der Waals surface area (Å²) in [6.45, 7) is -0.152. The molecule has 0 aliphatic heterocycles. The molecule has 0 spiro atoms. The van der Waals surface area contributed by atoms with Gasteiger partial charge >= 0.3 is 11.9 Å². The van der Waals surface area contributed by atoms with Gasteiger partial charge < -0.3 is 33.5 Å². The van der Waals surface area contributed by atoms with Gasteiger partial charge in [-0.1, -0.05) is 61.0 Å². The highest BCUT2D eigenvalue weighted by Gasteiger charge is 2.37. The zero-order valence-electron chi connectivity index (χ0n) is 28.3. The molecule has 4 rings (SSSR count). The summed E-state index contributed by atoms with van der Waals surface area (Å²) in [5.41, 5.74) is 1.63. The molecule has 0 aliphatic rings. The average Bonchev–Trinajstić information content (AvgIpc) is 3.14. The molecule has 0 atom stereocenters. The molecule has 0 saturated carbocycles. The first-order valence-corrected chi connectivity index (χ1v) is 16.1. The highest BCUT2D eigenvalue weighted by molar-refractivity contribution is 5.69. The Morgan fingerprint density at radius 1 is 0.720 bits per heavy atom. The molecule has 1 N–H and O–H groups in total. The number of nitro groups is 1. The first-order valence-electron chi connectivity index (χ1n) is 16.1. The molecule has 264 valence electrons. The maximum absolute atomic E-state index is 12.6. The molecule has 12 heteroatoms. The Morgan fingerprint density at radius 3 is 1.86 bits per heavy atom. The van der Waals surface area contributed by atoms with Gasteiger partial charge in [-0.25, -0.2) is 0 Å². The normalized spacial score (nSPS) is 11.0. The molecule has 4 aromatic carbocycles. The highest BCUT2D eigenvalue weighted by Crippen LogP contribution is 2.42. The number of hydrogen-bond donors (Lipinski definition) is 1. The fourth-order valence-corrected chi connectivity index (χ4v) is 5.48. The van der Waals surface area contributed by atoms with Gasteiger partial charge in [0.25, 0.3) is 5.69 Å². The van der Waals surface area contributed by atoms with Gasteiger partial charge in [0, 0.05) is 13.0 Å². The van der Waals surface area contributed by atoms with Crippen LogP contribution in [0, 0.1) is 10.1 Å². The third-order valence-electron chi connectivity index (χ3n) is 8.04. The predicted molar refractivity (Wildman–Crippen MR) is 184 cm³/mol. The number of nitrogens with zero attached hydrogens (tertiary/aromatic N) is 1. The Hall–Kier alpha value is -5.62. The molecule has 0 heterocycles. The van der Waals surface area contributed by atoms with Crippen LogP contribution in [-0.2, 0) is 31.3 Å². The number of benzene rings is 4. The summed E-state index contributed by atoms with van der Waals surface area (Å²) < 4.78 is 33.7. The van der Waals surface area contributed by atoms with Gasteiger partial charge in [-0.2, -0.15) is 0 Å². The molecule has 0 amide bonds. The second-order valence-electron chi connectivity index (χ2n) is 11.2. The van der Waals surface area contributed by atoms with Crippen LogP contribution in [0.2, 0.25) is 0 Å². The first kappa shape index (κ1) is 37.2. The van der Waals surface area contributed by atoms with Crippen molar-refractivity contribution in [2.45, 2.75) is 44.3 Å². The Bertz CT molecular complexity index is 1660. The lowest BCUT2D eigenvalue weighted by atomic mass is 9.80. The molecule has 0 bridgehead atoms. The van der Waals surface area contributed by atoms with Crippen LogP contribution in [0.5, 0.6) is 23.0 Å². The Labute approximate surface area is 290 Å². The second-order valence-corrected chi connectivity index (χ2v) is 11.2. The number of aliphatic carboxylic acids is 1.